The first-order valence-corrected chi connectivity index (χ1v) is 12.7. The van der Waals surface area contributed by atoms with Gasteiger partial charge < -0.3 is 24.7 Å². The molecule has 0 fully saturated rings. The van der Waals surface area contributed by atoms with Crippen LogP contribution in [0.2, 0.25) is 0 Å². The molecule has 0 saturated heterocycles. The molecule has 3 N–H and O–H groups in total. The first-order valence-electron chi connectivity index (χ1n) is 11.9. The lowest BCUT2D eigenvalue weighted by Gasteiger charge is -2.10. The molecule has 3 aromatic heterocycles. The Kier molecular flexibility index (Phi) is 9.01. The standard InChI is InChI=1S/C24H32N8O5S/c1-14(2)20-19(27-24(38-20)28-22(34)18-11-16(32(36)37)13-31(18)6)23(35)26-15-10-17(30(5)12-15)21(33)25-8-7-9-29(3)4/h10-14H,7-9H2,1-6H3,(H,25,33)(H,26,35)(H,27,28,34). The number of amides is 3. The van der Waals surface area contributed by atoms with Gasteiger partial charge in [0.25, 0.3) is 23.4 Å². The summed E-state index contributed by atoms with van der Waals surface area (Å²) in [7, 11) is 7.18. The van der Waals surface area contributed by atoms with Crippen molar-refractivity contribution in [3.63, 3.8) is 0 Å². The highest BCUT2D eigenvalue weighted by Gasteiger charge is 2.24. The molecule has 0 aromatic carbocycles. The van der Waals surface area contributed by atoms with Gasteiger partial charge in [-0.05, 0) is 39.0 Å². The Morgan fingerprint density at radius 3 is 2.32 bits per heavy atom. The Balaban J connectivity index is 1.73. The van der Waals surface area contributed by atoms with E-state index in [0.29, 0.717) is 22.8 Å². The van der Waals surface area contributed by atoms with E-state index in [-0.39, 0.29) is 34.0 Å². The lowest BCUT2D eigenvalue weighted by molar-refractivity contribution is -0.384. The number of hydrogen-bond acceptors (Lipinski definition) is 8. The summed E-state index contributed by atoms with van der Waals surface area (Å²) < 4.78 is 2.98. The highest BCUT2D eigenvalue weighted by Crippen LogP contribution is 2.31. The lowest BCUT2D eigenvalue weighted by atomic mass is 10.1. The minimum atomic E-state index is -0.582. The fourth-order valence-electron chi connectivity index (χ4n) is 3.71. The van der Waals surface area contributed by atoms with E-state index in [1.165, 1.54) is 23.9 Å². The van der Waals surface area contributed by atoms with Crippen molar-refractivity contribution in [1.82, 2.24) is 24.3 Å². The number of carbonyl (C=O) groups excluding carboxylic acids is 3. The van der Waals surface area contributed by atoms with Crippen molar-refractivity contribution in [3.05, 3.63) is 56.6 Å². The van der Waals surface area contributed by atoms with Crippen LogP contribution in [0, 0.1) is 10.1 Å². The van der Waals surface area contributed by atoms with Gasteiger partial charge in [-0.15, -0.1) is 11.3 Å². The third-order valence-corrected chi connectivity index (χ3v) is 6.88. The number of aromatic nitrogens is 3. The monoisotopic (exact) mass is 544 g/mol. The van der Waals surface area contributed by atoms with Gasteiger partial charge in [-0.1, -0.05) is 13.8 Å². The van der Waals surface area contributed by atoms with Crippen molar-refractivity contribution in [1.29, 1.82) is 0 Å². The predicted molar refractivity (Wildman–Crippen MR) is 145 cm³/mol. The molecule has 13 nitrogen and oxygen atoms in total. The summed E-state index contributed by atoms with van der Waals surface area (Å²) in [6, 6.07) is 2.76. The Bertz CT molecular complexity index is 1350. The normalized spacial score (nSPS) is 11.2. The maximum atomic E-state index is 13.1. The SMILES string of the molecule is CC(C)c1sc(NC(=O)c2cc([N+](=O)[O-])cn2C)nc1C(=O)Nc1cc(C(=O)NCCCN(C)C)n(C)c1. The van der Waals surface area contributed by atoms with Gasteiger partial charge in [-0.3, -0.25) is 29.8 Å². The molecular formula is C24H32N8O5S. The first-order chi connectivity index (χ1) is 17.9. The molecule has 3 rings (SSSR count). The number of hydrogen-bond donors (Lipinski definition) is 3. The van der Waals surface area contributed by atoms with Crippen LogP contribution < -0.4 is 16.0 Å². The summed E-state index contributed by atoms with van der Waals surface area (Å²) in [5.74, 6) is -1.37. The second kappa shape index (κ2) is 12.0. The largest absolute Gasteiger partial charge is 0.351 e. The van der Waals surface area contributed by atoms with E-state index in [0.717, 1.165) is 24.3 Å². The average Bonchev–Trinajstić information content (AvgIpc) is 3.53. The fourth-order valence-corrected chi connectivity index (χ4v) is 4.67. The average molecular weight is 545 g/mol. The van der Waals surface area contributed by atoms with Gasteiger partial charge >= 0.3 is 0 Å². The molecule has 0 aliphatic heterocycles. The van der Waals surface area contributed by atoms with E-state index < -0.39 is 16.7 Å². The van der Waals surface area contributed by atoms with Crippen LogP contribution in [0.25, 0.3) is 0 Å². The van der Waals surface area contributed by atoms with Gasteiger partial charge in [0.05, 0.1) is 16.8 Å². The third-order valence-electron chi connectivity index (χ3n) is 5.61. The number of nitrogens with zero attached hydrogens (tertiary/aromatic N) is 5. The number of thiazole rings is 1. The van der Waals surface area contributed by atoms with Crippen LogP contribution in [0.15, 0.2) is 24.5 Å². The van der Waals surface area contributed by atoms with Crippen molar-refractivity contribution >= 4 is 45.6 Å². The van der Waals surface area contributed by atoms with Crippen molar-refractivity contribution in [3.8, 4) is 0 Å². The first kappa shape index (κ1) is 28.5. The Labute approximate surface area is 224 Å². The molecule has 0 spiro atoms. The number of rotatable bonds is 11. The lowest BCUT2D eigenvalue weighted by Crippen LogP contribution is -2.28. The van der Waals surface area contributed by atoms with Crippen molar-refractivity contribution < 1.29 is 19.3 Å². The molecule has 14 heteroatoms. The van der Waals surface area contributed by atoms with E-state index in [9.17, 15) is 24.5 Å². The summed E-state index contributed by atoms with van der Waals surface area (Å²) in [5.41, 5.74) is 0.860. The number of carbonyl (C=O) groups is 3. The number of anilines is 2. The van der Waals surface area contributed by atoms with Crippen LogP contribution in [0.3, 0.4) is 0 Å². The van der Waals surface area contributed by atoms with Crippen molar-refractivity contribution in [2.45, 2.75) is 26.2 Å². The topological polar surface area (TPSA) is 156 Å². The minimum Gasteiger partial charge on any atom is -0.351 e. The molecule has 0 bridgehead atoms. The summed E-state index contributed by atoms with van der Waals surface area (Å²) in [5, 5.41) is 19.5. The summed E-state index contributed by atoms with van der Waals surface area (Å²) >= 11 is 1.16. The van der Waals surface area contributed by atoms with E-state index in [4.69, 9.17) is 0 Å². The van der Waals surface area contributed by atoms with Gasteiger partial charge in [-0.25, -0.2) is 4.98 Å². The third kappa shape index (κ3) is 6.83. The van der Waals surface area contributed by atoms with Gasteiger partial charge in [0.2, 0.25) is 0 Å². The summed E-state index contributed by atoms with van der Waals surface area (Å²) in [4.78, 5) is 55.9. The van der Waals surface area contributed by atoms with E-state index in [1.54, 1.807) is 23.9 Å². The highest BCUT2D eigenvalue weighted by atomic mass is 32.1. The fraction of sp³-hybridized carbons (Fsp3) is 0.417. The van der Waals surface area contributed by atoms with Crippen LogP contribution in [0.4, 0.5) is 16.5 Å². The van der Waals surface area contributed by atoms with Gasteiger partial charge in [-0.2, -0.15) is 0 Å². The Morgan fingerprint density at radius 2 is 1.71 bits per heavy atom. The maximum Gasteiger partial charge on any atom is 0.287 e. The minimum absolute atomic E-state index is 0.0608. The van der Waals surface area contributed by atoms with Crippen LogP contribution in [0.1, 0.15) is 62.5 Å². The zero-order valence-electron chi connectivity index (χ0n) is 22.2. The van der Waals surface area contributed by atoms with Crippen LogP contribution in [-0.4, -0.2) is 68.8 Å². The van der Waals surface area contributed by atoms with Crippen LogP contribution >= 0.6 is 11.3 Å². The molecule has 0 atom stereocenters. The molecule has 3 heterocycles. The highest BCUT2D eigenvalue weighted by molar-refractivity contribution is 7.16. The Hall–Kier alpha value is -4.04. The summed E-state index contributed by atoms with van der Waals surface area (Å²) in [6.07, 6.45) is 3.70. The van der Waals surface area contributed by atoms with E-state index >= 15 is 0 Å². The molecule has 0 saturated carbocycles. The number of aryl methyl sites for hydroxylation is 2. The summed E-state index contributed by atoms with van der Waals surface area (Å²) in [6.45, 7) is 5.19. The van der Waals surface area contributed by atoms with Gasteiger partial charge in [0.1, 0.15) is 17.1 Å². The molecule has 3 amide bonds. The number of nitro groups is 1. The van der Waals surface area contributed by atoms with Crippen molar-refractivity contribution in [2.75, 3.05) is 37.8 Å². The molecule has 0 unspecified atom stereocenters. The number of nitrogens with one attached hydrogen (secondary N) is 3. The van der Waals surface area contributed by atoms with Crippen LogP contribution in [-0.2, 0) is 14.1 Å². The maximum absolute atomic E-state index is 13.1. The molecule has 0 aliphatic rings. The Morgan fingerprint density at radius 1 is 1.05 bits per heavy atom. The predicted octanol–water partition coefficient (Wildman–Crippen LogP) is 3.04. The van der Waals surface area contributed by atoms with Crippen LogP contribution in [0.5, 0.6) is 0 Å². The zero-order valence-corrected chi connectivity index (χ0v) is 23.0. The molecular weight excluding hydrogens is 512 g/mol. The van der Waals surface area contributed by atoms with Gasteiger partial charge in [0, 0.05) is 37.8 Å². The zero-order chi connectivity index (χ0) is 28.1. The van der Waals surface area contributed by atoms with Crippen molar-refractivity contribution in [2.24, 2.45) is 14.1 Å². The second-order valence-electron chi connectivity index (χ2n) is 9.38. The molecule has 204 valence electrons. The smallest absolute Gasteiger partial charge is 0.287 e. The van der Waals surface area contributed by atoms with Gasteiger partial charge in [0.15, 0.2) is 5.13 Å². The van der Waals surface area contributed by atoms with E-state index in [1.807, 2.05) is 32.8 Å². The quantitative estimate of drug-likeness (QED) is 0.190. The second-order valence-corrected chi connectivity index (χ2v) is 10.4. The molecule has 38 heavy (non-hydrogen) atoms. The molecule has 0 aliphatic carbocycles. The van der Waals surface area contributed by atoms with E-state index in [2.05, 4.69) is 20.9 Å². The molecule has 0 radical (unpaired) electrons. The molecule has 3 aromatic rings.